The van der Waals surface area contributed by atoms with Gasteiger partial charge in [-0.25, -0.2) is 0 Å². The van der Waals surface area contributed by atoms with E-state index < -0.39 is 11.9 Å². The van der Waals surface area contributed by atoms with Crippen LogP contribution in [-0.4, -0.2) is 44.8 Å². The molecule has 1 aliphatic rings. The number of hydrogen-bond acceptors (Lipinski definition) is 3. The maximum atomic E-state index is 12.2. The van der Waals surface area contributed by atoms with E-state index in [9.17, 15) is 9.59 Å². The molecule has 1 aromatic rings. The molecular formula is C12H17N3O3. The van der Waals surface area contributed by atoms with Gasteiger partial charge in [0.05, 0.1) is 5.92 Å². The SMILES string of the molecule is Cc1cc(C(=O)N2CCCC(C(=O)O)C2)nn1C. The van der Waals surface area contributed by atoms with Gasteiger partial charge in [-0.15, -0.1) is 0 Å². The van der Waals surface area contributed by atoms with Gasteiger partial charge in [0.1, 0.15) is 0 Å². The van der Waals surface area contributed by atoms with E-state index in [1.165, 1.54) is 0 Å². The second-order valence-corrected chi connectivity index (χ2v) is 4.72. The van der Waals surface area contributed by atoms with E-state index in [2.05, 4.69) is 5.10 Å². The molecular weight excluding hydrogens is 234 g/mol. The summed E-state index contributed by atoms with van der Waals surface area (Å²) >= 11 is 0. The van der Waals surface area contributed by atoms with Crippen molar-refractivity contribution in [3.8, 4) is 0 Å². The minimum Gasteiger partial charge on any atom is -0.481 e. The maximum Gasteiger partial charge on any atom is 0.308 e. The van der Waals surface area contributed by atoms with E-state index in [0.717, 1.165) is 12.1 Å². The number of piperidine rings is 1. The molecule has 0 aliphatic carbocycles. The number of aromatic nitrogens is 2. The predicted octanol–water partition coefficient (Wildman–Crippen LogP) is 0.665. The third-order valence-electron chi connectivity index (χ3n) is 3.39. The van der Waals surface area contributed by atoms with Crippen molar-refractivity contribution in [3.05, 3.63) is 17.5 Å². The summed E-state index contributed by atoms with van der Waals surface area (Å²) in [7, 11) is 1.78. The topological polar surface area (TPSA) is 75.4 Å². The molecule has 1 fully saturated rings. The summed E-state index contributed by atoms with van der Waals surface area (Å²) in [6.07, 6.45) is 1.37. The summed E-state index contributed by atoms with van der Waals surface area (Å²) in [5, 5.41) is 13.1. The highest BCUT2D eigenvalue weighted by Crippen LogP contribution is 2.18. The average Bonchev–Trinajstić information content (AvgIpc) is 2.69. The number of amides is 1. The fourth-order valence-corrected chi connectivity index (χ4v) is 2.19. The molecule has 0 saturated carbocycles. The van der Waals surface area contributed by atoms with Gasteiger partial charge >= 0.3 is 5.97 Å². The highest BCUT2D eigenvalue weighted by atomic mass is 16.4. The molecule has 98 valence electrons. The minimum atomic E-state index is -0.829. The molecule has 0 bridgehead atoms. The molecule has 0 radical (unpaired) electrons. The van der Waals surface area contributed by atoms with Crippen LogP contribution >= 0.6 is 0 Å². The van der Waals surface area contributed by atoms with Crippen molar-refractivity contribution < 1.29 is 14.7 Å². The van der Waals surface area contributed by atoms with Crippen LogP contribution in [0, 0.1) is 12.8 Å². The number of carbonyl (C=O) groups excluding carboxylic acids is 1. The second kappa shape index (κ2) is 4.80. The lowest BCUT2D eigenvalue weighted by Crippen LogP contribution is -2.42. The monoisotopic (exact) mass is 251 g/mol. The molecule has 1 atom stereocenters. The number of likely N-dealkylation sites (tertiary alicyclic amines) is 1. The standard InChI is InChI=1S/C12H17N3O3/c1-8-6-10(13-14(8)2)11(16)15-5-3-4-9(7-15)12(17)18/h6,9H,3-5,7H2,1-2H3,(H,17,18). The van der Waals surface area contributed by atoms with Crippen LogP contribution in [0.5, 0.6) is 0 Å². The number of rotatable bonds is 2. The number of carboxylic acids is 1. The highest BCUT2D eigenvalue weighted by Gasteiger charge is 2.29. The summed E-state index contributed by atoms with van der Waals surface area (Å²) < 4.78 is 1.64. The van der Waals surface area contributed by atoms with Crippen molar-refractivity contribution in [1.29, 1.82) is 0 Å². The van der Waals surface area contributed by atoms with Crippen molar-refractivity contribution >= 4 is 11.9 Å². The summed E-state index contributed by atoms with van der Waals surface area (Å²) in [5.41, 5.74) is 1.30. The molecule has 0 spiro atoms. The Morgan fingerprint density at radius 2 is 2.22 bits per heavy atom. The summed E-state index contributed by atoms with van der Waals surface area (Å²) in [6.45, 7) is 2.77. The molecule has 1 amide bonds. The molecule has 0 aromatic carbocycles. The summed E-state index contributed by atoms with van der Waals surface area (Å²) in [4.78, 5) is 24.7. The Hall–Kier alpha value is -1.85. The molecule has 6 nitrogen and oxygen atoms in total. The zero-order valence-electron chi connectivity index (χ0n) is 10.6. The Bertz CT molecular complexity index is 461. The number of aryl methyl sites for hydroxylation is 2. The molecule has 1 N–H and O–H groups in total. The van der Waals surface area contributed by atoms with Gasteiger partial charge in [-0.05, 0) is 25.8 Å². The first-order chi connectivity index (χ1) is 8.49. The van der Waals surface area contributed by atoms with E-state index in [1.807, 2.05) is 6.92 Å². The van der Waals surface area contributed by atoms with Gasteiger partial charge in [-0.2, -0.15) is 5.10 Å². The minimum absolute atomic E-state index is 0.176. The molecule has 1 aliphatic heterocycles. The van der Waals surface area contributed by atoms with Gasteiger partial charge in [-0.1, -0.05) is 0 Å². The van der Waals surface area contributed by atoms with Gasteiger partial charge in [0.15, 0.2) is 5.69 Å². The van der Waals surface area contributed by atoms with Crippen molar-refractivity contribution in [3.63, 3.8) is 0 Å². The van der Waals surface area contributed by atoms with Gasteiger partial charge < -0.3 is 10.0 Å². The molecule has 2 rings (SSSR count). The Morgan fingerprint density at radius 3 is 2.78 bits per heavy atom. The zero-order valence-corrected chi connectivity index (χ0v) is 10.6. The second-order valence-electron chi connectivity index (χ2n) is 4.72. The van der Waals surface area contributed by atoms with Crippen LogP contribution in [-0.2, 0) is 11.8 Å². The first-order valence-electron chi connectivity index (χ1n) is 6.01. The van der Waals surface area contributed by atoms with Crippen LogP contribution < -0.4 is 0 Å². The molecule has 1 aromatic heterocycles. The number of nitrogens with zero attached hydrogens (tertiary/aromatic N) is 3. The number of carbonyl (C=O) groups is 2. The first-order valence-corrected chi connectivity index (χ1v) is 6.01. The molecule has 2 heterocycles. The summed E-state index contributed by atoms with van der Waals surface area (Å²) in [6, 6.07) is 1.73. The van der Waals surface area contributed by atoms with E-state index >= 15 is 0 Å². The predicted molar refractivity (Wildman–Crippen MR) is 64.2 cm³/mol. The lowest BCUT2D eigenvalue weighted by atomic mass is 9.98. The van der Waals surface area contributed by atoms with E-state index in [0.29, 0.717) is 18.7 Å². The van der Waals surface area contributed by atoms with Crippen LogP contribution in [0.2, 0.25) is 0 Å². The van der Waals surface area contributed by atoms with Gasteiger partial charge in [0, 0.05) is 25.8 Å². The third kappa shape index (κ3) is 2.37. The van der Waals surface area contributed by atoms with Crippen molar-refractivity contribution in [2.24, 2.45) is 13.0 Å². The molecule has 1 saturated heterocycles. The van der Waals surface area contributed by atoms with Crippen LogP contribution in [0.15, 0.2) is 6.07 Å². The Morgan fingerprint density at radius 1 is 1.50 bits per heavy atom. The Labute approximate surface area is 105 Å². The lowest BCUT2D eigenvalue weighted by molar-refractivity contribution is -0.143. The fourth-order valence-electron chi connectivity index (χ4n) is 2.19. The highest BCUT2D eigenvalue weighted by molar-refractivity contribution is 5.92. The average molecular weight is 251 g/mol. The molecule has 6 heteroatoms. The third-order valence-corrected chi connectivity index (χ3v) is 3.39. The van der Waals surface area contributed by atoms with Crippen LogP contribution in [0.3, 0.4) is 0 Å². The lowest BCUT2D eigenvalue weighted by Gasteiger charge is -2.30. The molecule has 18 heavy (non-hydrogen) atoms. The van der Waals surface area contributed by atoms with Crippen LogP contribution in [0.1, 0.15) is 29.0 Å². The maximum absolute atomic E-state index is 12.2. The quantitative estimate of drug-likeness (QED) is 0.838. The van der Waals surface area contributed by atoms with Crippen molar-refractivity contribution in [2.75, 3.05) is 13.1 Å². The van der Waals surface area contributed by atoms with Crippen molar-refractivity contribution in [2.45, 2.75) is 19.8 Å². The van der Waals surface area contributed by atoms with Crippen molar-refractivity contribution in [1.82, 2.24) is 14.7 Å². The largest absolute Gasteiger partial charge is 0.481 e. The fraction of sp³-hybridized carbons (Fsp3) is 0.583. The van der Waals surface area contributed by atoms with E-state index in [1.54, 1.807) is 22.7 Å². The Balaban J connectivity index is 2.11. The summed E-state index contributed by atoms with van der Waals surface area (Å²) in [5.74, 6) is -1.46. The van der Waals surface area contributed by atoms with Crippen LogP contribution in [0.4, 0.5) is 0 Å². The number of carboxylic acid groups (broad SMARTS) is 1. The number of hydrogen-bond donors (Lipinski definition) is 1. The number of aliphatic carboxylic acids is 1. The van der Waals surface area contributed by atoms with Gasteiger partial charge in [-0.3, -0.25) is 14.3 Å². The first kappa shape index (κ1) is 12.6. The zero-order chi connectivity index (χ0) is 13.3. The van der Waals surface area contributed by atoms with E-state index in [-0.39, 0.29) is 12.5 Å². The normalized spacial score (nSPS) is 19.9. The van der Waals surface area contributed by atoms with Gasteiger partial charge in [0.25, 0.3) is 5.91 Å². The van der Waals surface area contributed by atoms with E-state index in [4.69, 9.17) is 5.11 Å². The van der Waals surface area contributed by atoms with Crippen LogP contribution in [0.25, 0.3) is 0 Å². The molecule has 1 unspecified atom stereocenters. The smallest absolute Gasteiger partial charge is 0.308 e. The van der Waals surface area contributed by atoms with Gasteiger partial charge in [0.2, 0.25) is 0 Å². The Kier molecular flexibility index (Phi) is 3.36.